The summed E-state index contributed by atoms with van der Waals surface area (Å²) < 4.78 is 45.8. The van der Waals surface area contributed by atoms with Crippen LogP contribution in [0.15, 0.2) is 23.2 Å². The van der Waals surface area contributed by atoms with Crippen molar-refractivity contribution in [1.82, 2.24) is 10.6 Å². The van der Waals surface area contributed by atoms with Crippen LogP contribution in [0.4, 0.5) is 8.78 Å². The smallest absolute Gasteiger partial charge is 0.387 e. The standard InChI is InChI=1S/C21H33F2N3O4/c1-3-24-21(25-9-4-10-29-15-16-7-11-28-12-8-16)26-14-17-5-6-18(27-2)19(13-17)30-20(22)23/h5-6,13,16,20H,3-4,7-12,14-15H2,1-2H3,(H2,24,25,26). The van der Waals surface area contributed by atoms with E-state index in [0.717, 1.165) is 51.2 Å². The molecule has 0 spiro atoms. The Morgan fingerprint density at radius 1 is 1.23 bits per heavy atom. The average molecular weight is 430 g/mol. The molecule has 0 aromatic heterocycles. The molecule has 0 radical (unpaired) electrons. The van der Waals surface area contributed by atoms with Gasteiger partial charge in [-0.15, -0.1) is 0 Å². The number of ether oxygens (including phenoxy) is 4. The molecule has 1 aromatic rings. The Labute approximate surface area is 177 Å². The molecule has 2 rings (SSSR count). The molecule has 2 N–H and O–H groups in total. The van der Waals surface area contributed by atoms with Crippen molar-refractivity contribution in [3.63, 3.8) is 0 Å². The number of rotatable bonds is 12. The predicted octanol–water partition coefficient (Wildman–Crippen LogP) is 3.19. The number of nitrogens with zero attached hydrogens (tertiary/aromatic N) is 1. The highest BCUT2D eigenvalue weighted by Gasteiger charge is 2.13. The van der Waals surface area contributed by atoms with E-state index in [4.69, 9.17) is 14.2 Å². The molecule has 1 aromatic carbocycles. The summed E-state index contributed by atoms with van der Waals surface area (Å²) in [5.41, 5.74) is 0.739. The fourth-order valence-corrected chi connectivity index (χ4v) is 3.06. The van der Waals surface area contributed by atoms with E-state index >= 15 is 0 Å². The van der Waals surface area contributed by atoms with E-state index in [1.807, 2.05) is 6.92 Å². The van der Waals surface area contributed by atoms with E-state index in [-0.39, 0.29) is 11.5 Å². The first-order valence-electron chi connectivity index (χ1n) is 10.4. The molecule has 1 aliphatic rings. The number of nitrogens with one attached hydrogen (secondary N) is 2. The van der Waals surface area contributed by atoms with Gasteiger partial charge in [-0.2, -0.15) is 8.78 Å². The minimum absolute atomic E-state index is 0.000151. The average Bonchev–Trinajstić information content (AvgIpc) is 2.74. The molecule has 1 heterocycles. The van der Waals surface area contributed by atoms with Crippen molar-refractivity contribution in [2.24, 2.45) is 10.9 Å². The largest absolute Gasteiger partial charge is 0.493 e. The molecule has 1 aliphatic heterocycles. The first-order valence-corrected chi connectivity index (χ1v) is 10.4. The number of benzene rings is 1. The van der Waals surface area contributed by atoms with Crippen LogP contribution in [0.1, 0.15) is 31.7 Å². The van der Waals surface area contributed by atoms with Gasteiger partial charge in [-0.25, -0.2) is 4.99 Å². The molecule has 1 fully saturated rings. The summed E-state index contributed by atoms with van der Waals surface area (Å²) >= 11 is 0. The van der Waals surface area contributed by atoms with Crippen molar-refractivity contribution < 1.29 is 27.7 Å². The summed E-state index contributed by atoms with van der Waals surface area (Å²) in [6.07, 6.45) is 3.01. The zero-order valence-electron chi connectivity index (χ0n) is 17.8. The third-order valence-electron chi connectivity index (χ3n) is 4.66. The number of hydrogen-bond acceptors (Lipinski definition) is 5. The quantitative estimate of drug-likeness (QED) is 0.302. The molecule has 9 heteroatoms. The maximum Gasteiger partial charge on any atom is 0.387 e. The van der Waals surface area contributed by atoms with E-state index in [2.05, 4.69) is 20.4 Å². The Bertz CT molecular complexity index is 641. The predicted molar refractivity (Wildman–Crippen MR) is 111 cm³/mol. The van der Waals surface area contributed by atoms with Gasteiger partial charge in [-0.05, 0) is 49.8 Å². The molecule has 0 bridgehead atoms. The van der Waals surface area contributed by atoms with Crippen LogP contribution in [0.25, 0.3) is 0 Å². The molecule has 0 saturated carbocycles. The number of aliphatic imine (C=N–C) groups is 1. The Morgan fingerprint density at radius 2 is 2.03 bits per heavy atom. The molecule has 0 aliphatic carbocycles. The highest BCUT2D eigenvalue weighted by atomic mass is 19.3. The molecular weight excluding hydrogens is 396 g/mol. The molecule has 1 saturated heterocycles. The summed E-state index contributed by atoms with van der Waals surface area (Å²) in [7, 11) is 1.41. The van der Waals surface area contributed by atoms with Crippen LogP contribution in [-0.2, 0) is 16.0 Å². The fourth-order valence-electron chi connectivity index (χ4n) is 3.06. The monoisotopic (exact) mass is 429 g/mol. The first-order chi connectivity index (χ1) is 14.6. The van der Waals surface area contributed by atoms with Crippen molar-refractivity contribution in [3.05, 3.63) is 23.8 Å². The Balaban J connectivity index is 1.76. The maximum absolute atomic E-state index is 12.6. The lowest BCUT2D eigenvalue weighted by Crippen LogP contribution is -2.38. The minimum atomic E-state index is -2.91. The highest BCUT2D eigenvalue weighted by molar-refractivity contribution is 5.79. The number of halogens is 2. The van der Waals surface area contributed by atoms with Gasteiger partial charge in [0.05, 0.1) is 13.7 Å². The van der Waals surface area contributed by atoms with Crippen molar-refractivity contribution in [1.29, 1.82) is 0 Å². The normalized spacial score (nSPS) is 15.3. The van der Waals surface area contributed by atoms with Gasteiger partial charge in [0.15, 0.2) is 17.5 Å². The highest BCUT2D eigenvalue weighted by Crippen LogP contribution is 2.29. The van der Waals surface area contributed by atoms with E-state index in [9.17, 15) is 8.78 Å². The maximum atomic E-state index is 12.6. The molecule has 170 valence electrons. The van der Waals surface area contributed by atoms with Gasteiger partial charge in [-0.1, -0.05) is 6.07 Å². The molecule has 0 unspecified atom stereocenters. The second kappa shape index (κ2) is 14.0. The van der Waals surface area contributed by atoms with Gasteiger partial charge in [0.2, 0.25) is 0 Å². The van der Waals surface area contributed by atoms with Gasteiger partial charge < -0.3 is 29.6 Å². The van der Waals surface area contributed by atoms with Gasteiger partial charge in [-0.3, -0.25) is 0 Å². The molecule has 0 amide bonds. The number of alkyl halides is 2. The van der Waals surface area contributed by atoms with Crippen LogP contribution in [0.3, 0.4) is 0 Å². The molecular formula is C21H33F2N3O4. The number of methoxy groups -OCH3 is 1. The Morgan fingerprint density at radius 3 is 2.73 bits per heavy atom. The summed E-state index contributed by atoms with van der Waals surface area (Å²) in [6.45, 7) is 3.98. The molecule has 0 atom stereocenters. The van der Waals surface area contributed by atoms with Crippen molar-refractivity contribution >= 4 is 5.96 Å². The second-order valence-corrected chi connectivity index (χ2v) is 6.97. The van der Waals surface area contributed by atoms with Crippen LogP contribution in [0.2, 0.25) is 0 Å². The topological polar surface area (TPSA) is 73.3 Å². The van der Waals surface area contributed by atoms with Crippen molar-refractivity contribution in [2.45, 2.75) is 39.3 Å². The van der Waals surface area contributed by atoms with E-state index in [1.54, 1.807) is 12.1 Å². The van der Waals surface area contributed by atoms with Crippen LogP contribution >= 0.6 is 0 Å². The number of hydrogen-bond donors (Lipinski definition) is 2. The van der Waals surface area contributed by atoms with Gasteiger partial charge in [0.1, 0.15) is 0 Å². The zero-order valence-corrected chi connectivity index (χ0v) is 17.8. The van der Waals surface area contributed by atoms with Gasteiger partial charge in [0.25, 0.3) is 0 Å². The summed E-state index contributed by atoms with van der Waals surface area (Å²) in [4.78, 5) is 4.51. The summed E-state index contributed by atoms with van der Waals surface area (Å²) in [5.74, 6) is 1.52. The summed E-state index contributed by atoms with van der Waals surface area (Å²) in [5, 5.41) is 6.43. The Hall–Kier alpha value is -2.13. The second-order valence-electron chi connectivity index (χ2n) is 6.97. The third kappa shape index (κ3) is 9.13. The SMILES string of the molecule is CCNC(=NCc1ccc(OC)c(OC(F)F)c1)NCCCOCC1CCOCC1. The lowest BCUT2D eigenvalue weighted by Gasteiger charge is -2.21. The van der Waals surface area contributed by atoms with Gasteiger partial charge in [0, 0.05) is 39.5 Å². The van der Waals surface area contributed by atoms with Crippen LogP contribution in [0, 0.1) is 5.92 Å². The fraction of sp³-hybridized carbons (Fsp3) is 0.667. The van der Waals surface area contributed by atoms with Crippen LogP contribution < -0.4 is 20.1 Å². The molecule has 30 heavy (non-hydrogen) atoms. The first kappa shape index (κ1) is 24.1. The summed E-state index contributed by atoms with van der Waals surface area (Å²) in [6, 6.07) is 4.88. The Kier molecular flexibility index (Phi) is 11.2. The van der Waals surface area contributed by atoms with E-state index in [1.165, 1.54) is 13.2 Å². The zero-order chi connectivity index (χ0) is 21.6. The lowest BCUT2D eigenvalue weighted by molar-refractivity contribution is -0.0512. The van der Waals surface area contributed by atoms with Crippen molar-refractivity contribution in [3.8, 4) is 11.5 Å². The van der Waals surface area contributed by atoms with E-state index in [0.29, 0.717) is 31.6 Å². The van der Waals surface area contributed by atoms with Gasteiger partial charge >= 0.3 is 6.61 Å². The third-order valence-corrected chi connectivity index (χ3v) is 4.66. The number of guanidine groups is 1. The minimum Gasteiger partial charge on any atom is -0.493 e. The van der Waals surface area contributed by atoms with Crippen LogP contribution in [-0.4, -0.2) is 59.2 Å². The lowest BCUT2D eigenvalue weighted by atomic mass is 10.0. The molecule has 7 nitrogen and oxygen atoms in total. The van der Waals surface area contributed by atoms with Crippen molar-refractivity contribution in [2.75, 3.05) is 46.6 Å². The van der Waals surface area contributed by atoms with Crippen LogP contribution in [0.5, 0.6) is 11.5 Å². The van der Waals surface area contributed by atoms with E-state index < -0.39 is 6.61 Å².